The van der Waals surface area contributed by atoms with E-state index in [0.717, 1.165) is 19.3 Å². The zero-order valence-electron chi connectivity index (χ0n) is 12.2. The number of rotatable bonds is 6. The molecule has 2 atom stereocenters. The Morgan fingerprint density at radius 3 is 2.37 bits per heavy atom. The first kappa shape index (κ1) is 16.0. The predicted octanol–water partition coefficient (Wildman–Crippen LogP) is 1.35. The lowest BCUT2D eigenvalue weighted by Gasteiger charge is -2.30. The van der Waals surface area contributed by atoms with Crippen LogP contribution in [0.4, 0.5) is 0 Å². The first-order chi connectivity index (χ1) is 8.99. The number of amides is 1. The van der Waals surface area contributed by atoms with Gasteiger partial charge in [0.2, 0.25) is 5.91 Å². The fraction of sp³-hybridized carbons (Fsp3) is 0.857. The highest BCUT2D eigenvalue weighted by molar-refractivity contribution is 5.88. The fourth-order valence-corrected chi connectivity index (χ4v) is 2.84. The number of carbonyl (C=O) groups excluding carboxylic acids is 2. The smallest absolute Gasteiger partial charge is 0.331 e. The molecule has 110 valence electrons. The van der Waals surface area contributed by atoms with E-state index in [1.807, 2.05) is 13.8 Å². The van der Waals surface area contributed by atoms with E-state index in [0.29, 0.717) is 19.3 Å². The van der Waals surface area contributed by atoms with Crippen molar-refractivity contribution in [3.63, 3.8) is 0 Å². The molecule has 0 aliphatic heterocycles. The predicted molar refractivity (Wildman–Crippen MR) is 73.4 cm³/mol. The minimum Gasteiger partial charge on any atom is -0.467 e. The molecule has 0 saturated heterocycles. The summed E-state index contributed by atoms with van der Waals surface area (Å²) in [4.78, 5) is 24.0. The van der Waals surface area contributed by atoms with Crippen molar-refractivity contribution in [2.24, 2.45) is 11.7 Å². The molecule has 0 unspecified atom stereocenters. The van der Waals surface area contributed by atoms with Crippen LogP contribution in [0.2, 0.25) is 0 Å². The van der Waals surface area contributed by atoms with E-state index in [4.69, 9.17) is 10.5 Å². The van der Waals surface area contributed by atoms with Crippen molar-refractivity contribution < 1.29 is 14.3 Å². The topological polar surface area (TPSA) is 81.4 Å². The lowest BCUT2D eigenvalue weighted by Crippen LogP contribution is -2.54. The first-order valence-electron chi connectivity index (χ1n) is 7.14. The van der Waals surface area contributed by atoms with Crippen LogP contribution in [-0.4, -0.2) is 30.6 Å². The molecular weight excluding hydrogens is 244 g/mol. The van der Waals surface area contributed by atoms with E-state index in [-0.39, 0.29) is 23.8 Å². The molecular formula is C14H26N2O3. The van der Waals surface area contributed by atoms with Crippen LogP contribution in [0.15, 0.2) is 0 Å². The minimum atomic E-state index is -0.894. The second-order valence-electron chi connectivity index (χ2n) is 5.39. The summed E-state index contributed by atoms with van der Waals surface area (Å²) in [5, 5.41) is 2.86. The standard InChI is InChI=1S/C14H26N2O3/c1-4-14(5-2,13(18)19-3)16-12(17)9-10-7-6-8-11(10)15/h10-11H,4-9,15H2,1-3H3,(H,16,17)/t10-,11+/m0/s1. The number of esters is 1. The Balaban J connectivity index is 2.63. The van der Waals surface area contributed by atoms with Crippen LogP contribution in [-0.2, 0) is 14.3 Å². The largest absolute Gasteiger partial charge is 0.467 e. The van der Waals surface area contributed by atoms with Crippen molar-refractivity contribution >= 4 is 11.9 Å². The molecule has 3 N–H and O–H groups in total. The van der Waals surface area contributed by atoms with Crippen LogP contribution >= 0.6 is 0 Å². The molecule has 1 saturated carbocycles. The van der Waals surface area contributed by atoms with E-state index in [2.05, 4.69) is 5.32 Å². The second-order valence-corrected chi connectivity index (χ2v) is 5.39. The van der Waals surface area contributed by atoms with Crippen molar-refractivity contribution in [2.45, 2.75) is 64.0 Å². The molecule has 0 aromatic carbocycles. The molecule has 5 heteroatoms. The quantitative estimate of drug-likeness (QED) is 0.714. The number of hydrogen-bond donors (Lipinski definition) is 2. The van der Waals surface area contributed by atoms with Crippen molar-refractivity contribution in [1.29, 1.82) is 0 Å². The van der Waals surface area contributed by atoms with Crippen molar-refractivity contribution in [1.82, 2.24) is 5.32 Å². The Hall–Kier alpha value is -1.10. The number of nitrogens with one attached hydrogen (secondary N) is 1. The summed E-state index contributed by atoms with van der Waals surface area (Å²) in [5.41, 5.74) is 5.08. The third-order valence-electron chi connectivity index (χ3n) is 4.33. The van der Waals surface area contributed by atoms with Crippen LogP contribution in [0, 0.1) is 5.92 Å². The molecule has 0 aromatic heterocycles. The highest BCUT2D eigenvalue weighted by Gasteiger charge is 2.38. The summed E-state index contributed by atoms with van der Waals surface area (Å²) in [6.07, 6.45) is 4.53. The van der Waals surface area contributed by atoms with Crippen molar-refractivity contribution in [3.05, 3.63) is 0 Å². The van der Waals surface area contributed by atoms with Crippen LogP contribution in [0.1, 0.15) is 52.4 Å². The third-order valence-corrected chi connectivity index (χ3v) is 4.33. The summed E-state index contributed by atoms with van der Waals surface area (Å²) in [6, 6.07) is 0.113. The summed E-state index contributed by atoms with van der Waals surface area (Å²) in [6.45, 7) is 3.75. The summed E-state index contributed by atoms with van der Waals surface area (Å²) in [5.74, 6) is -0.234. The Kier molecular flexibility index (Phi) is 5.79. The Bertz CT molecular complexity index is 327. The van der Waals surface area contributed by atoms with Gasteiger partial charge in [0, 0.05) is 12.5 Å². The van der Waals surface area contributed by atoms with Gasteiger partial charge in [0.15, 0.2) is 0 Å². The van der Waals surface area contributed by atoms with E-state index in [9.17, 15) is 9.59 Å². The number of ether oxygens (including phenoxy) is 1. The number of carbonyl (C=O) groups is 2. The summed E-state index contributed by atoms with van der Waals surface area (Å²) < 4.78 is 4.81. The van der Waals surface area contributed by atoms with Gasteiger partial charge in [-0.25, -0.2) is 4.79 Å². The number of nitrogens with two attached hydrogens (primary N) is 1. The van der Waals surface area contributed by atoms with Gasteiger partial charge in [-0.2, -0.15) is 0 Å². The highest BCUT2D eigenvalue weighted by atomic mass is 16.5. The van der Waals surface area contributed by atoms with Gasteiger partial charge in [0.1, 0.15) is 5.54 Å². The normalized spacial score (nSPS) is 23.2. The SMILES string of the molecule is CCC(CC)(NC(=O)C[C@@H]1CCC[C@H]1N)C(=O)OC. The van der Waals surface area contributed by atoms with E-state index in [1.165, 1.54) is 7.11 Å². The average molecular weight is 270 g/mol. The van der Waals surface area contributed by atoms with Crippen molar-refractivity contribution in [3.8, 4) is 0 Å². The van der Waals surface area contributed by atoms with Gasteiger partial charge in [-0.1, -0.05) is 20.3 Å². The monoisotopic (exact) mass is 270 g/mol. The molecule has 0 bridgehead atoms. The van der Waals surface area contributed by atoms with Crippen molar-refractivity contribution in [2.75, 3.05) is 7.11 Å². The zero-order chi connectivity index (χ0) is 14.5. The maximum Gasteiger partial charge on any atom is 0.331 e. The minimum absolute atomic E-state index is 0.101. The lowest BCUT2D eigenvalue weighted by atomic mass is 9.91. The van der Waals surface area contributed by atoms with E-state index < -0.39 is 5.54 Å². The zero-order valence-corrected chi connectivity index (χ0v) is 12.2. The maximum atomic E-state index is 12.1. The molecule has 1 amide bonds. The number of methoxy groups -OCH3 is 1. The van der Waals surface area contributed by atoms with Crippen LogP contribution in [0.3, 0.4) is 0 Å². The number of hydrogen-bond acceptors (Lipinski definition) is 4. The van der Waals surface area contributed by atoms with Crippen LogP contribution < -0.4 is 11.1 Å². The lowest BCUT2D eigenvalue weighted by molar-refractivity contribution is -0.151. The molecule has 0 heterocycles. The van der Waals surface area contributed by atoms with Gasteiger partial charge < -0.3 is 15.8 Å². The van der Waals surface area contributed by atoms with Gasteiger partial charge in [-0.15, -0.1) is 0 Å². The molecule has 1 fully saturated rings. The van der Waals surface area contributed by atoms with Gasteiger partial charge >= 0.3 is 5.97 Å². The molecule has 0 radical (unpaired) electrons. The fourth-order valence-electron chi connectivity index (χ4n) is 2.84. The Morgan fingerprint density at radius 1 is 1.32 bits per heavy atom. The van der Waals surface area contributed by atoms with Crippen LogP contribution in [0.25, 0.3) is 0 Å². The average Bonchev–Trinajstić information content (AvgIpc) is 2.80. The third kappa shape index (κ3) is 3.69. The Labute approximate surface area is 115 Å². The molecule has 5 nitrogen and oxygen atoms in total. The summed E-state index contributed by atoms with van der Waals surface area (Å²) in [7, 11) is 1.35. The van der Waals surface area contributed by atoms with Crippen LogP contribution in [0.5, 0.6) is 0 Å². The molecule has 0 spiro atoms. The van der Waals surface area contributed by atoms with Gasteiger partial charge in [0.05, 0.1) is 7.11 Å². The molecule has 1 aliphatic carbocycles. The molecule has 19 heavy (non-hydrogen) atoms. The Morgan fingerprint density at radius 2 is 1.95 bits per heavy atom. The van der Waals surface area contributed by atoms with Gasteiger partial charge in [-0.05, 0) is 31.6 Å². The summed E-state index contributed by atoms with van der Waals surface area (Å²) >= 11 is 0. The van der Waals surface area contributed by atoms with E-state index in [1.54, 1.807) is 0 Å². The van der Waals surface area contributed by atoms with Gasteiger partial charge in [-0.3, -0.25) is 4.79 Å². The molecule has 1 rings (SSSR count). The maximum absolute atomic E-state index is 12.1. The molecule has 1 aliphatic rings. The molecule has 0 aromatic rings. The second kappa shape index (κ2) is 6.89. The first-order valence-corrected chi connectivity index (χ1v) is 7.14. The van der Waals surface area contributed by atoms with Gasteiger partial charge in [0.25, 0.3) is 0 Å². The highest BCUT2D eigenvalue weighted by Crippen LogP contribution is 2.27. The van der Waals surface area contributed by atoms with E-state index >= 15 is 0 Å².